The van der Waals surface area contributed by atoms with E-state index in [-0.39, 0.29) is 0 Å². The van der Waals surface area contributed by atoms with Crippen LogP contribution in [0.3, 0.4) is 0 Å². The van der Waals surface area contributed by atoms with Gasteiger partial charge in [-0.2, -0.15) is 0 Å². The Kier molecular flexibility index (Phi) is 7.72. The second-order valence-corrected chi connectivity index (χ2v) is 7.58. The van der Waals surface area contributed by atoms with Crippen molar-refractivity contribution >= 4 is 12.0 Å². The molecule has 0 aromatic heterocycles. The highest BCUT2D eigenvalue weighted by molar-refractivity contribution is 5.80. The molecular formula is C22H35N5. The Morgan fingerprint density at radius 1 is 1.11 bits per heavy atom. The van der Waals surface area contributed by atoms with Crippen molar-refractivity contribution in [1.29, 1.82) is 0 Å². The van der Waals surface area contributed by atoms with E-state index in [0.717, 1.165) is 51.1 Å². The topological polar surface area (TPSA) is 34.1 Å². The van der Waals surface area contributed by atoms with Gasteiger partial charge < -0.3 is 15.1 Å². The average Bonchev–Trinajstić information content (AvgIpc) is 3.18. The van der Waals surface area contributed by atoms with Gasteiger partial charge in [-0.3, -0.25) is 9.89 Å². The number of hydrogen-bond acceptors (Lipinski definition) is 3. The molecule has 2 heterocycles. The molecule has 0 spiro atoms. The van der Waals surface area contributed by atoms with Crippen molar-refractivity contribution in [3.63, 3.8) is 0 Å². The highest BCUT2D eigenvalue weighted by Gasteiger charge is 2.23. The zero-order valence-electron chi connectivity index (χ0n) is 17.0. The Bertz CT molecular complexity index is 604. The minimum atomic E-state index is 0.756. The van der Waals surface area contributed by atoms with Crippen LogP contribution in [-0.4, -0.2) is 86.6 Å². The number of guanidine groups is 1. The van der Waals surface area contributed by atoms with Crippen LogP contribution < -0.4 is 5.32 Å². The van der Waals surface area contributed by atoms with E-state index in [2.05, 4.69) is 74.4 Å². The van der Waals surface area contributed by atoms with Gasteiger partial charge in [-0.05, 0) is 31.0 Å². The van der Waals surface area contributed by atoms with Crippen LogP contribution in [0, 0.1) is 5.92 Å². The summed E-state index contributed by atoms with van der Waals surface area (Å²) in [6.45, 7) is 12.2. The number of hydrogen-bond donors (Lipinski definition) is 1. The number of rotatable bonds is 6. The summed E-state index contributed by atoms with van der Waals surface area (Å²) in [5.41, 5.74) is 1.27. The fraction of sp³-hybridized carbons (Fsp3) is 0.591. The summed E-state index contributed by atoms with van der Waals surface area (Å²) in [5.74, 6) is 1.83. The second kappa shape index (κ2) is 10.5. The predicted octanol–water partition coefficient (Wildman–Crippen LogP) is 2.23. The van der Waals surface area contributed by atoms with Crippen molar-refractivity contribution in [3.8, 4) is 0 Å². The van der Waals surface area contributed by atoms with Gasteiger partial charge >= 0.3 is 0 Å². The summed E-state index contributed by atoms with van der Waals surface area (Å²) in [6.07, 6.45) is 5.80. The van der Waals surface area contributed by atoms with Crippen LogP contribution in [0.15, 0.2) is 41.4 Å². The first-order valence-corrected chi connectivity index (χ1v) is 10.4. The van der Waals surface area contributed by atoms with E-state index in [1.54, 1.807) is 0 Å². The molecule has 2 fully saturated rings. The lowest BCUT2D eigenvalue weighted by Gasteiger charge is -2.36. The van der Waals surface area contributed by atoms with E-state index in [9.17, 15) is 0 Å². The summed E-state index contributed by atoms with van der Waals surface area (Å²) in [4.78, 5) is 12.0. The molecule has 0 saturated carbocycles. The lowest BCUT2D eigenvalue weighted by Crippen LogP contribution is -2.53. The summed E-state index contributed by atoms with van der Waals surface area (Å²) in [5, 5.41) is 3.62. The van der Waals surface area contributed by atoms with Crippen LogP contribution >= 0.6 is 0 Å². The first kappa shape index (κ1) is 19.9. The Morgan fingerprint density at radius 2 is 1.89 bits per heavy atom. The molecular weight excluding hydrogens is 334 g/mol. The highest BCUT2D eigenvalue weighted by atomic mass is 15.3. The molecule has 1 N–H and O–H groups in total. The van der Waals surface area contributed by atoms with Crippen molar-refractivity contribution in [2.45, 2.75) is 13.3 Å². The number of aliphatic imine (C=N–C) groups is 1. The van der Waals surface area contributed by atoms with E-state index in [1.807, 2.05) is 7.05 Å². The monoisotopic (exact) mass is 369 g/mol. The largest absolute Gasteiger partial charge is 0.356 e. The standard InChI is InChI=1S/C22H35N5/c1-3-25-13-11-21(19-25)18-24-22(23-2)27-16-14-26(15-17-27)12-7-10-20-8-5-4-6-9-20/h4-10,21H,3,11-19H2,1-2H3,(H,23,24)/b10-7+. The Balaban J connectivity index is 1.37. The lowest BCUT2D eigenvalue weighted by molar-refractivity contribution is 0.194. The molecule has 1 aromatic carbocycles. The van der Waals surface area contributed by atoms with Gasteiger partial charge in [0.2, 0.25) is 0 Å². The van der Waals surface area contributed by atoms with E-state index in [1.165, 1.54) is 31.6 Å². The van der Waals surface area contributed by atoms with Crippen molar-refractivity contribution < 1.29 is 0 Å². The molecule has 0 amide bonds. The van der Waals surface area contributed by atoms with Crippen molar-refractivity contribution in [2.24, 2.45) is 10.9 Å². The molecule has 2 saturated heterocycles. The smallest absolute Gasteiger partial charge is 0.193 e. The molecule has 0 aliphatic carbocycles. The zero-order chi connectivity index (χ0) is 18.9. The molecule has 148 valence electrons. The Morgan fingerprint density at radius 3 is 2.56 bits per heavy atom. The van der Waals surface area contributed by atoms with Crippen LogP contribution in [-0.2, 0) is 0 Å². The Hall–Kier alpha value is -1.85. The summed E-state index contributed by atoms with van der Waals surface area (Å²) in [7, 11) is 1.91. The first-order valence-electron chi connectivity index (χ1n) is 10.4. The van der Waals surface area contributed by atoms with Gasteiger partial charge in [0.25, 0.3) is 0 Å². The highest BCUT2D eigenvalue weighted by Crippen LogP contribution is 2.14. The zero-order valence-corrected chi connectivity index (χ0v) is 17.0. The normalized spacial score (nSPS) is 22.7. The molecule has 3 rings (SSSR count). The van der Waals surface area contributed by atoms with Gasteiger partial charge in [0, 0.05) is 52.9 Å². The van der Waals surface area contributed by atoms with Crippen molar-refractivity contribution in [2.75, 3.05) is 66.0 Å². The molecule has 2 aliphatic rings. The SMILES string of the molecule is CCN1CCC(CNC(=NC)N2CCN(C/C=C/c3ccccc3)CC2)C1. The number of piperazine rings is 1. The molecule has 1 aromatic rings. The average molecular weight is 370 g/mol. The minimum Gasteiger partial charge on any atom is -0.356 e. The number of nitrogens with one attached hydrogen (secondary N) is 1. The van der Waals surface area contributed by atoms with Gasteiger partial charge in [-0.15, -0.1) is 0 Å². The first-order chi connectivity index (χ1) is 13.3. The lowest BCUT2D eigenvalue weighted by atomic mass is 10.1. The van der Waals surface area contributed by atoms with Gasteiger partial charge in [-0.25, -0.2) is 0 Å². The van der Waals surface area contributed by atoms with Gasteiger partial charge in [0.1, 0.15) is 0 Å². The predicted molar refractivity (Wildman–Crippen MR) is 115 cm³/mol. The fourth-order valence-corrected chi connectivity index (χ4v) is 3.98. The third-order valence-corrected chi connectivity index (χ3v) is 5.72. The number of benzene rings is 1. The maximum atomic E-state index is 4.52. The van der Waals surface area contributed by atoms with Crippen LogP contribution in [0.1, 0.15) is 18.9 Å². The van der Waals surface area contributed by atoms with Crippen molar-refractivity contribution in [3.05, 3.63) is 42.0 Å². The van der Waals surface area contributed by atoms with E-state index in [0.29, 0.717) is 0 Å². The maximum Gasteiger partial charge on any atom is 0.193 e. The summed E-state index contributed by atoms with van der Waals surface area (Å²) in [6, 6.07) is 10.5. The number of nitrogens with zero attached hydrogens (tertiary/aromatic N) is 4. The molecule has 1 atom stereocenters. The third kappa shape index (κ3) is 6.08. The van der Waals surface area contributed by atoms with Gasteiger partial charge in [0.05, 0.1) is 0 Å². The molecule has 1 unspecified atom stereocenters. The third-order valence-electron chi connectivity index (χ3n) is 5.72. The van der Waals surface area contributed by atoms with Gasteiger partial charge in [-0.1, -0.05) is 49.4 Å². The molecule has 2 aliphatic heterocycles. The quantitative estimate of drug-likeness (QED) is 0.616. The molecule has 5 nitrogen and oxygen atoms in total. The molecule has 0 bridgehead atoms. The Labute approximate surface area is 164 Å². The molecule has 5 heteroatoms. The van der Waals surface area contributed by atoms with Crippen LogP contribution in [0.5, 0.6) is 0 Å². The number of likely N-dealkylation sites (tertiary alicyclic amines) is 1. The molecule has 0 radical (unpaired) electrons. The maximum absolute atomic E-state index is 4.52. The van der Waals surface area contributed by atoms with Crippen molar-refractivity contribution in [1.82, 2.24) is 20.0 Å². The van der Waals surface area contributed by atoms with E-state index < -0.39 is 0 Å². The fourth-order valence-electron chi connectivity index (χ4n) is 3.98. The summed E-state index contributed by atoms with van der Waals surface area (Å²) >= 11 is 0. The minimum absolute atomic E-state index is 0.756. The molecule has 27 heavy (non-hydrogen) atoms. The van der Waals surface area contributed by atoms with E-state index >= 15 is 0 Å². The van der Waals surface area contributed by atoms with Crippen LogP contribution in [0.25, 0.3) is 6.08 Å². The second-order valence-electron chi connectivity index (χ2n) is 7.58. The van der Waals surface area contributed by atoms with E-state index in [4.69, 9.17) is 0 Å². The van der Waals surface area contributed by atoms with Crippen LogP contribution in [0.2, 0.25) is 0 Å². The summed E-state index contributed by atoms with van der Waals surface area (Å²) < 4.78 is 0. The van der Waals surface area contributed by atoms with Crippen LogP contribution in [0.4, 0.5) is 0 Å². The van der Waals surface area contributed by atoms with Gasteiger partial charge in [0.15, 0.2) is 5.96 Å².